The van der Waals surface area contributed by atoms with Crippen LogP contribution in [0, 0.1) is 0 Å². The SMILES string of the molecule is CC(=O)Nc1cccc(NC(=O)C(=O)NCc2cccs2)c1. The molecule has 1 aromatic heterocycles. The predicted molar refractivity (Wildman–Crippen MR) is 85.5 cm³/mol. The van der Waals surface area contributed by atoms with E-state index >= 15 is 0 Å². The van der Waals surface area contributed by atoms with E-state index in [1.54, 1.807) is 24.3 Å². The molecule has 0 unspecified atom stereocenters. The molecule has 3 amide bonds. The molecule has 3 N–H and O–H groups in total. The maximum atomic E-state index is 11.8. The van der Waals surface area contributed by atoms with E-state index in [2.05, 4.69) is 16.0 Å². The second-order valence-corrected chi connectivity index (χ2v) is 5.51. The number of carbonyl (C=O) groups excluding carboxylic acids is 3. The summed E-state index contributed by atoms with van der Waals surface area (Å²) in [6.07, 6.45) is 0. The highest BCUT2D eigenvalue weighted by Crippen LogP contribution is 2.15. The predicted octanol–water partition coefficient (Wildman–Crippen LogP) is 1.96. The van der Waals surface area contributed by atoms with Crippen LogP contribution >= 0.6 is 11.3 Å². The summed E-state index contributed by atoms with van der Waals surface area (Å²) in [5.41, 5.74) is 0.979. The summed E-state index contributed by atoms with van der Waals surface area (Å²) < 4.78 is 0. The van der Waals surface area contributed by atoms with Crippen LogP contribution in [0.4, 0.5) is 11.4 Å². The molecule has 0 aliphatic rings. The molecule has 114 valence electrons. The van der Waals surface area contributed by atoms with Gasteiger partial charge in [0.2, 0.25) is 5.91 Å². The van der Waals surface area contributed by atoms with Gasteiger partial charge < -0.3 is 16.0 Å². The molecule has 0 bridgehead atoms. The minimum atomic E-state index is -0.753. The van der Waals surface area contributed by atoms with Gasteiger partial charge in [0.1, 0.15) is 0 Å². The van der Waals surface area contributed by atoms with E-state index in [0.717, 1.165) is 4.88 Å². The van der Waals surface area contributed by atoms with E-state index in [-0.39, 0.29) is 5.91 Å². The molecule has 0 atom stereocenters. The van der Waals surface area contributed by atoms with Crippen molar-refractivity contribution in [1.29, 1.82) is 0 Å². The summed E-state index contributed by atoms with van der Waals surface area (Å²) in [6.45, 7) is 1.71. The van der Waals surface area contributed by atoms with E-state index in [4.69, 9.17) is 0 Å². The van der Waals surface area contributed by atoms with Crippen molar-refractivity contribution < 1.29 is 14.4 Å². The van der Waals surface area contributed by atoms with Gasteiger partial charge in [0.25, 0.3) is 0 Å². The van der Waals surface area contributed by atoms with Crippen LogP contribution < -0.4 is 16.0 Å². The van der Waals surface area contributed by atoms with Gasteiger partial charge in [0, 0.05) is 23.2 Å². The fraction of sp³-hybridized carbons (Fsp3) is 0.133. The second kappa shape index (κ2) is 7.37. The fourth-order valence-corrected chi connectivity index (χ4v) is 2.37. The molecular weight excluding hydrogens is 302 g/mol. The first kappa shape index (κ1) is 15.7. The highest BCUT2D eigenvalue weighted by atomic mass is 32.1. The lowest BCUT2D eigenvalue weighted by atomic mass is 10.2. The Kier molecular flexibility index (Phi) is 5.26. The lowest BCUT2D eigenvalue weighted by Gasteiger charge is -2.08. The molecular formula is C15H15N3O3S. The molecule has 2 rings (SSSR count). The van der Waals surface area contributed by atoms with Crippen LogP contribution in [0.2, 0.25) is 0 Å². The summed E-state index contributed by atoms with van der Waals surface area (Å²) in [5, 5.41) is 9.53. The summed E-state index contributed by atoms with van der Waals surface area (Å²) >= 11 is 1.50. The first-order valence-electron chi connectivity index (χ1n) is 6.54. The number of rotatable bonds is 4. The van der Waals surface area contributed by atoms with Gasteiger partial charge in [0.15, 0.2) is 0 Å². The molecule has 22 heavy (non-hydrogen) atoms. The van der Waals surface area contributed by atoms with Crippen molar-refractivity contribution in [3.63, 3.8) is 0 Å². The average Bonchev–Trinajstić information content (AvgIpc) is 2.97. The first-order chi connectivity index (χ1) is 10.5. The number of carbonyl (C=O) groups is 3. The van der Waals surface area contributed by atoms with Crippen LogP contribution in [-0.4, -0.2) is 17.7 Å². The summed E-state index contributed by atoms with van der Waals surface area (Å²) in [7, 11) is 0. The smallest absolute Gasteiger partial charge is 0.313 e. The lowest BCUT2D eigenvalue weighted by molar-refractivity contribution is -0.136. The maximum Gasteiger partial charge on any atom is 0.313 e. The van der Waals surface area contributed by atoms with Crippen molar-refractivity contribution in [2.75, 3.05) is 10.6 Å². The van der Waals surface area contributed by atoms with Crippen molar-refractivity contribution in [3.8, 4) is 0 Å². The Morgan fingerprint density at radius 2 is 1.73 bits per heavy atom. The molecule has 0 saturated heterocycles. The van der Waals surface area contributed by atoms with Gasteiger partial charge in [-0.2, -0.15) is 0 Å². The molecule has 0 saturated carbocycles. The van der Waals surface area contributed by atoms with Crippen molar-refractivity contribution in [2.24, 2.45) is 0 Å². The molecule has 2 aromatic rings. The number of amides is 3. The standard InChI is InChI=1S/C15H15N3O3S/c1-10(19)17-11-4-2-5-12(8-11)18-15(21)14(20)16-9-13-6-3-7-22-13/h2-8H,9H2,1H3,(H,16,20)(H,17,19)(H,18,21). The van der Waals surface area contributed by atoms with E-state index < -0.39 is 11.8 Å². The second-order valence-electron chi connectivity index (χ2n) is 4.48. The van der Waals surface area contributed by atoms with Crippen molar-refractivity contribution in [2.45, 2.75) is 13.5 Å². The van der Waals surface area contributed by atoms with E-state index in [1.807, 2.05) is 17.5 Å². The molecule has 1 heterocycles. The van der Waals surface area contributed by atoms with Gasteiger partial charge in [0.05, 0.1) is 6.54 Å². The number of benzene rings is 1. The summed E-state index contributed by atoms with van der Waals surface area (Å²) in [5.74, 6) is -1.67. The van der Waals surface area contributed by atoms with Crippen LogP contribution in [0.3, 0.4) is 0 Å². The quantitative estimate of drug-likeness (QED) is 0.753. The van der Waals surface area contributed by atoms with Crippen LogP contribution in [0.1, 0.15) is 11.8 Å². The normalized spacial score (nSPS) is 9.86. The third-order valence-electron chi connectivity index (χ3n) is 2.65. The van der Waals surface area contributed by atoms with Crippen LogP contribution in [0.5, 0.6) is 0 Å². The molecule has 0 aliphatic carbocycles. The molecule has 0 radical (unpaired) electrons. The van der Waals surface area contributed by atoms with Gasteiger partial charge in [-0.3, -0.25) is 14.4 Å². The molecule has 0 aliphatic heterocycles. The van der Waals surface area contributed by atoms with Crippen LogP contribution in [0.15, 0.2) is 41.8 Å². The summed E-state index contributed by atoms with van der Waals surface area (Å²) in [4.78, 5) is 35.5. The van der Waals surface area contributed by atoms with Crippen LogP contribution in [0.25, 0.3) is 0 Å². The Balaban J connectivity index is 1.90. The topological polar surface area (TPSA) is 87.3 Å². The third kappa shape index (κ3) is 4.71. The van der Waals surface area contributed by atoms with E-state index in [9.17, 15) is 14.4 Å². The zero-order valence-electron chi connectivity index (χ0n) is 11.9. The van der Waals surface area contributed by atoms with Gasteiger partial charge >= 0.3 is 11.8 Å². The lowest BCUT2D eigenvalue weighted by Crippen LogP contribution is -2.34. The van der Waals surface area contributed by atoms with Crippen LogP contribution in [-0.2, 0) is 20.9 Å². The Labute approximate surface area is 131 Å². The Morgan fingerprint density at radius 1 is 1.00 bits per heavy atom. The molecule has 0 spiro atoms. The molecule has 7 heteroatoms. The first-order valence-corrected chi connectivity index (χ1v) is 7.42. The fourth-order valence-electron chi connectivity index (χ4n) is 1.73. The highest BCUT2D eigenvalue weighted by Gasteiger charge is 2.13. The van der Waals surface area contributed by atoms with Crippen molar-refractivity contribution >= 4 is 40.4 Å². The van der Waals surface area contributed by atoms with Gasteiger partial charge in [-0.15, -0.1) is 11.3 Å². The van der Waals surface area contributed by atoms with Crippen molar-refractivity contribution in [3.05, 3.63) is 46.7 Å². The Hall–Kier alpha value is -2.67. The Morgan fingerprint density at radius 3 is 2.36 bits per heavy atom. The molecule has 0 fully saturated rings. The minimum absolute atomic E-state index is 0.211. The number of hydrogen-bond acceptors (Lipinski definition) is 4. The monoisotopic (exact) mass is 317 g/mol. The molecule has 6 nitrogen and oxygen atoms in total. The minimum Gasteiger partial charge on any atom is -0.343 e. The average molecular weight is 317 g/mol. The van der Waals surface area contributed by atoms with Gasteiger partial charge in [-0.25, -0.2) is 0 Å². The van der Waals surface area contributed by atoms with E-state index in [1.165, 1.54) is 18.3 Å². The zero-order valence-corrected chi connectivity index (χ0v) is 12.7. The number of hydrogen-bond donors (Lipinski definition) is 3. The largest absolute Gasteiger partial charge is 0.343 e. The highest BCUT2D eigenvalue weighted by molar-refractivity contribution is 7.09. The van der Waals surface area contributed by atoms with E-state index in [0.29, 0.717) is 17.9 Å². The van der Waals surface area contributed by atoms with Gasteiger partial charge in [-0.1, -0.05) is 12.1 Å². The number of thiophene rings is 1. The number of anilines is 2. The molecule has 1 aromatic carbocycles. The van der Waals surface area contributed by atoms with Crippen molar-refractivity contribution in [1.82, 2.24) is 5.32 Å². The summed E-state index contributed by atoms with van der Waals surface area (Å²) in [6, 6.07) is 10.3. The zero-order chi connectivity index (χ0) is 15.9. The maximum absolute atomic E-state index is 11.8. The van der Waals surface area contributed by atoms with Gasteiger partial charge in [-0.05, 0) is 29.6 Å². The Bertz CT molecular complexity index is 683. The third-order valence-corrected chi connectivity index (χ3v) is 3.53. The number of nitrogens with one attached hydrogen (secondary N) is 3.